The van der Waals surface area contributed by atoms with Gasteiger partial charge < -0.3 is 10.4 Å². The number of rotatable bonds is 6. The van der Waals surface area contributed by atoms with Gasteiger partial charge in [0.25, 0.3) is 0 Å². The number of benzene rings is 1. The summed E-state index contributed by atoms with van der Waals surface area (Å²) in [4.78, 5) is 22.4. The van der Waals surface area contributed by atoms with Crippen molar-refractivity contribution in [2.24, 2.45) is 0 Å². The minimum absolute atomic E-state index is 0.0265. The molecular weight excluding hydrogens is 327 g/mol. The molecule has 0 radical (unpaired) electrons. The van der Waals surface area contributed by atoms with E-state index in [4.69, 9.17) is 5.11 Å². The smallest absolute Gasteiger partial charge is 0.307 e. The Kier molecular flexibility index (Phi) is 5.32. The number of anilines is 1. The third-order valence-electron chi connectivity index (χ3n) is 3.47. The third kappa shape index (κ3) is 4.73. The highest BCUT2D eigenvalue weighted by atomic mass is 32.2. The fourth-order valence-electron chi connectivity index (χ4n) is 2.32. The molecule has 1 amide bonds. The summed E-state index contributed by atoms with van der Waals surface area (Å²) in [6, 6.07) is 3.75. The van der Waals surface area contributed by atoms with Gasteiger partial charge in [-0.1, -0.05) is 6.07 Å². The highest BCUT2D eigenvalue weighted by Gasteiger charge is 2.28. The lowest BCUT2D eigenvalue weighted by Gasteiger charge is -2.14. The largest absolute Gasteiger partial charge is 0.481 e. The first-order chi connectivity index (χ1) is 10.8. The Morgan fingerprint density at radius 3 is 2.65 bits per heavy atom. The number of halogens is 1. The van der Waals surface area contributed by atoms with Crippen molar-refractivity contribution in [2.75, 3.05) is 24.2 Å². The van der Waals surface area contributed by atoms with E-state index in [1.807, 2.05) is 0 Å². The van der Waals surface area contributed by atoms with Crippen LogP contribution in [0.5, 0.6) is 0 Å². The molecule has 0 aromatic heterocycles. The van der Waals surface area contributed by atoms with Gasteiger partial charge in [0.1, 0.15) is 5.82 Å². The quantitative estimate of drug-likeness (QED) is 0.795. The van der Waals surface area contributed by atoms with E-state index >= 15 is 0 Å². The van der Waals surface area contributed by atoms with Crippen molar-refractivity contribution in [1.29, 1.82) is 0 Å². The number of nitrogens with one attached hydrogen (secondary N) is 1. The Labute approximate surface area is 133 Å². The number of carbonyl (C=O) groups is 2. The van der Waals surface area contributed by atoms with Crippen molar-refractivity contribution in [3.8, 4) is 0 Å². The maximum absolute atomic E-state index is 13.7. The van der Waals surface area contributed by atoms with Crippen molar-refractivity contribution in [1.82, 2.24) is 4.31 Å². The molecule has 0 spiro atoms. The van der Waals surface area contributed by atoms with E-state index in [9.17, 15) is 22.4 Å². The molecule has 0 unspecified atom stereocenters. The molecule has 0 bridgehead atoms. The highest BCUT2D eigenvalue weighted by molar-refractivity contribution is 7.89. The lowest BCUT2D eigenvalue weighted by atomic mass is 10.1. The van der Waals surface area contributed by atoms with Gasteiger partial charge in [0, 0.05) is 25.2 Å². The van der Waals surface area contributed by atoms with Crippen molar-refractivity contribution in [3.05, 3.63) is 29.6 Å². The summed E-state index contributed by atoms with van der Waals surface area (Å²) in [5.74, 6) is -2.19. The second-order valence-electron chi connectivity index (χ2n) is 5.24. The van der Waals surface area contributed by atoms with Gasteiger partial charge in [-0.2, -0.15) is 0 Å². The minimum Gasteiger partial charge on any atom is -0.481 e. The monoisotopic (exact) mass is 344 g/mol. The fourth-order valence-corrected chi connectivity index (χ4v) is 3.85. The van der Waals surface area contributed by atoms with Gasteiger partial charge in [-0.05, 0) is 24.1 Å². The number of hydrogen-bond donors (Lipinski definition) is 2. The summed E-state index contributed by atoms with van der Waals surface area (Å²) in [6.07, 6.45) is 0.0881. The number of hydrogen-bond acceptors (Lipinski definition) is 4. The summed E-state index contributed by atoms with van der Waals surface area (Å²) >= 11 is 0. The molecular formula is C14H17FN2O5S. The van der Waals surface area contributed by atoms with E-state index in [0.717, 1.165) is 6.07 Å². The van der Waals surface area contributed by atoms with Crippen molar-refractivity contribution >= 4 is 27.6 Å². The summed E-state index contributed by atoms with van der Waals surface area (Å²) in [5.41, 5.74) is 0.226. The van der Waals surface area contributed by atoms with E-state index in [0.29, 0.717) is 13.0 Å². The molecule has 23 heavy (non-hydrogen) atoms. The van der Waals surface area contributed by atoms with E-state index in [1.165, 1.54) is 16.4 Å². The number of carboxylic acids is 1. The second kappa shape index (κ2) is 7.05. The maximum atomic E-state index is 13.7. The summed E-state index contributed by atoms with van der Waals surface area (Å²) in [5, 5.41) is 11.1. The van der Waals surface area contributed by atoms with E-state index in [-0.39, 0.29) is 30.0 Å². The molecule has 2 rings (SSSR count). The van der Waals surface area contributed by atoms with Crippen LogP contribution in [0.3, 0.4) is 0 Å². The average Bonchev–Trinajstić information content (AvgIpc) is 2.78. The molecule has 0 atom stereocenters. The van der Waals surface area contributed by atoms with Crippen LogP contribution in [0.1, 0.15) is 18.4 Å². The highest BCUT2D eigenvalue weighted by Crippen LogP contribution is 2.17. The molecule has 1 aromatic rings. The zero-order valence-electron chi connectivity index (χ0n) is 12.3. The lowest BCUT2D eigenvalue weighted by molar-refractivity contribution is -0.136. The van der Waals surface area contributed by atoms with Crippen LogP contribution < -0.4 is 5.32 Å². The molecule has 1 fully saturated rings. The third-order valence-corrected chi connectivity index (χ3v) is 5.43. The number of aliphatic carboxylic acids is 1. The number of nitrogens with zero attached hydrogens (tertiary/aromatic N) is 1. The molecule has 1 saturated heterocycles. The molecule has 7 nitrogen and oxygen atoms in total. The topological polar surface area (TPSA) is 104 Å². The first kappa shape index (κ1) is 17.4. The van der Waals surface area contributed by atoms with E-state index in [1.54, 1.807) is 0 Å². The zero-order chi connectivity index (χ0) is 17.0. The summed E-state index contributed by atoms with van der Waals surface area (Å²) in [7, 11) is -3.24. The van der Waals surface area contributed by atoms with Crippen LogP contribution in [0.25, 0.3) is 0 Å². The van der Waals surface area contributed by atoms with Crippen molar-refractivity contribution < 1.29 is 27.5 Å². The van der Waals surface area contributed by atoms with Crippen LogP contribution in [0.15, 0.2) is 18.2 Å². The first-order valence-corrected chi connectivity index (χ1v) is 8.67. The Hall–Kier alpha value is -2.00. The fraction of sp³-hybridized carbons (Fsp3) is 0.429. The Morgan fingerprint density at radius 1 is 1.35 bits per heavy atom. The molecule has 9 heteroatoms. The van der Waals surface area contributed by atoms with Crippen LogP contribution in [0.2, 0.25) is 0 Å². The molecule has 0 aliphatic carbocycles. The number of sulfonamides is 1. The molecule has 1 aliphatic rings. The average molecular weight is 344 g/mol. The van der Waals surface area contributed by atoms with Gasteiger partial charge in [-0.15, -0.1) is 0 Å². The van der Waals surface area contributed by atoms with Gasteiger partial charge in [-0.3, -0.25) is 9.59 Å². The number of carbonyl (C=O) groups excluding carboxylic acids is 1. The first-order valence-electron chi connectivity index (χ1n) is 7.06. The number of amides is 1. The lowest BCUT2D eigenvalue weighted by Crippen LogP contribution is -2.29. The molecule has 0 saturated carbocycles. The van der Waals surface area contributed by atoms with Crippen molar-refractivity contribution in [3.63, 3.8) is 0 Å². The van der Waals surface area contributed by atoms with Gasteiger partial charge in [0.05, 0.1) is 12.2 Å². The van der Waals surface area contributed by atoms with E-state index < -0.39 is 34.1 Å². The Balaban J connectivity index is 1.90. The Morgan fingerprint density at radius 2 is 2.09 bits per heavy atom. The SMILES string of the molecule is O=C(O)Cc1ccc(NC(=O)CCN2CCCS2(=O)=O)cc1F. The van der Waals surface area contributed by atoms with Crippen LogP contribution >= 0.6 is 0 Å². The van der Waals surface area contributed by atoms with Crippen LogP contribution in [-0.2, 0) is 26.0 Å². The predicted molar refractivity (Wildman–Crippen MR) is 81.0 cm³/mol. The van der Waals surface area contributed by atoms with Crippen LogP contribution in [-0.4, -0.2) is 48.5 Å². The summed E-state index contributed by atoms with van der Waals surface area (Å²) < 4.78 is 38.2. The normalized spacial score (nSPS) is 17.1. The van der Waals surface area contributed by atoms with Gasteiger partial charge in [0.2, 0.25) is 15.9 Å². The van der Waals surface area contributed by atoms with Crippen LogP contribution in [0.4, 0.5) is 10.1 Å². The molecule has 1 aromatic carbocycles. The van der Waals surface area contributed by atoms with Crippen molar-refractivity contribution in [2.45, 2.75) is 19.3 Å². The van der Waals surface area contributed by atoms with Gasteiger partial charge in [-0.25, -0.2) is 17.1 Å². The van der Waals surface area contributed by atoms with Gasteiger partial charge in [0.15, 0.2) is 0 Å². The number of carboxylic acid groups (broad SMARTS) is 1. The molecule has 1 heterocycles. The minimum atomic E-state index is -3.24. The summed E-state index contributed by atoms with van der Waals surface area (Å²) in [6.45, 7) is 0.502. The second-order valence-corrected chi connectivity index (χ2v) is 7.33. The van der Waals surface area contributed by atoms with Gasteiger partial charge >= 0.3 is 5.97 Å². The predicted octanol–water partition coefficient (Wildman–Crippen LogP) is 0.817. The standard InChI is InChI=1S/C14H17FN2O5S/c15-12-9-11(3-2-10(12)8-14(19)20)16-13(18)4-6-17-5-1-7-23(17,21)22/h2-3,9H,1,4-8H2,(H,16,18)(H,19,20). The molecule has 126 valence electrons. The molecule has 2 N–H and O–H groups in total. The molecule has 1 aliphatic heterocycles. The van der Waals surface area contributed by atoms with Crippen LogP contribution in [0, 0.1) is 5.82 Å². The zero-order valence-corrected chi connectivity index (χ0v) is 13.1. The maximum Gasteiger partial charge on any atom is 0.307 e. The van der Waals surface area contributed by atoms with E-state index in [2.05, 4.69) is 5.32 Å². The Bertz CT molecular complexity index is 720.